The summed E-state index contributed by atoms with van der Waals surface area (Å²) in [5.41, 5.74) is 9.56. The summed E-state index contributed by atoms with van der Waals surface area (Å²) in [6.07, 6.45) is 0. The monoisotopic (exact) mass is 348 g/mol. The van der Waals surface area contributed by atoms with Crippen LogP contribution in [-0.2, 0) is 0 Å². The molecule has 1 amide bonds. The molecule has 2 aromatic carbocycles. The van der Waals surface area contributed by atoms with E-state index in [1.807, 2.05) is 32.0 Å². The first-order valence-corrected chi connectivity index (χ1v) is 7.23. The average molecular weight is 349 g/mol. The summed E-state index contributed by atoms with van der Waals surface area (Å²) in [5, 5.41) is 2.87. The number of nitrogens with two attached hydrogens (primary N) is 1. The van der Waals surface area contributed by atoms with Crippen LogP contribution in [0.1, 0.15) is 21.5 Å². The third-order valence-corrected chi connectivity index (χ3v) is 3.97. The van der Waals surface area contributed by atoms with Crippen LogP contribution in [0, 0.1) is 13.8 Å². The van der Waals surface area contributed by atoms with E-state index < -0.39 is 0 Å². The molecule has 3 N–H and O–H groups in total. The summed E-state index contributed by atoms with van der Waals surface area (Å²) in [6.45, 7) is 3.81. The highest BCUT2D eigenvalue weighted by atomic mass is 79.9. The number of benzene rings is 2. The van der Waals surface area contributed by atoms with Gasteiger partial charge in [0.1, 0.15) is 5.75 Å². The molecule has 0 bridgehead atoms. The fraction of sp³-hybridized carbons (Fsp3) is 0.188. The summed E-state index contributed by atoms with van der Waals surface area (Å²) >= 11 is 3.41. The highest BCUT2D eigenvalue weighted by molar-refractivity contribution is 9.10. The fourth-order valence-electron chi connectivity index (χ4n) is 2.03. The SMILES string of the molecule is COc1ccc(Br)c(NC(=O)c2cc(N)c(C)cc2C)c1. The number of hydrogen-bond acceptors (Lipinski definition) is 3. The molecule has 0 unspecified atom stereocenters. The van der Waals surface area contributed by atoms with Gasteiger partial charge in [0.05, 0.1) is 12.8 Å². The van der Waals surface area contributed by atoms with Gasteiger partial charge >= 0.3 is 0 Å². The van der Waals surface area contributed by atoms with E-state index in [-0.39, 0.29) is 5.91 Å². The van der Waals surface area contributed by atoms with Crippen molar-refractivity contribution in [2.45, 2.75) is 13.8 Å². The second kappa shape index (κ2) is 6.18. The zero-order valence-electron chi connectivity index (χ0n) is 12.2. The van der Waals surface area contributed by atoms with Gasteiger partial charge in [-0.25, -0.2) is 0 Å². The lowest BCUT2D eigenvalue weighted by molar-refractivity contribution is 0.102. The molecule has 4 nitrogen and oxygen atoms in total. The highest BCUT2D eigenvalue weighted by Crippen LogP contribution is 2.28. The van der Waals surface area contributed by atoms with E-state index in [1.54, 1.807) is 19.2 Å². The Morgan fingerprint density at radius 3 is 2.57 bits per heavy atom. The number of ether oxygens (including phenoxy) is 1. The standard InChI is InChI=1S/C16H17BrN2O2/c1-9-6-10(2)14(18)8-12(9)16(20)19-15-7-11(21-3)4-5-13(15)17/h4-8H,18H2,1-3H3,(H,19,20). The Morgan fingerprint density at radius 2 is 1.90 bits per heavy atom. The number of carbonyl (C=O) groups excluding carboxylic acids is 1. The second-order valence-electron chi connectivity index (χ2n) is 4.82. The van der Waals surface area contributed by atoms with Gasteiger partial charge in [0.2, 0.25) is 0 Å². The van der Waals surface area contributed by atoms with E-state index in [9.17, 15) is 4.79 Å². The van der Waals surface area contributed by atoms with Gasteiger partial charge in [-0.3, -0.25) is 4.79 Å². The minimum Gasteiger partial charge on any atom is -0.497 e. The number of amides is 1. The van der Waals surface area contributed by atoms with Crippen molar-refractivity contribution < 1.29 is 9.53 Å². The topological polar surface area (TPSA) is 64.3 Å². The molecular formula is C16H17BrN2O2. The van der Waals surface area contributed by atoms with Crippen LogP contribution in [0.25, 0.3) is 0 Å². The van der Waals surface area contributed by atoms with Crippen LogP contribution in [-0.4, -0.2) is 13.0 Å². The summed E-state index contributed by atoms with van der Waals surface area (Å²) in [4.78, 5) is 12.4. The molecule has 0 aliphatic rings. The Balaban J connectivity index is 2.32. The van der Waals surface area contributed by atoms with Gasteiger partial charge in [0.15, 0.2) is 0 Å². The van der Waals surface area contributed by atoms with E-state index in [0.29, 0.717) is 22.7 Å². The van der Waals surface area contributed by atoms with E-state index >= 15 is 0 Å². The predicted molar refractivity (Wildman–Crippen MR) is 89.0 cm³/mol. The summed E-state index contributed by atoms with van der Waals surface area (Å²) < 4.78 is 5.95. The highest BCUT2D eigenvalue weighted by Gasteiger charge is 2.13. The fourth-order valence-corrected chi connectivity index (χ4v) is 2.38. The maximum Gasteiger partial charge on any atom is 0.256 e. The normalized spacial score (nSPS) is 10.3. The third kappa shape index (κ3) is 3.36. The van der Waals surface area contributed by atoms with Crippen LogP contribution >= 0.6 is 15.9 Å². The number of carbonyl (C=O) groups is 1. The molecule has 21 heavy (non-hydrogen) atoms. The molecule has 0 saturated heterocycles. The third-order valence-electron chi connectivity index (χ3n) is 3.28. The number of halogens is 1. The minimum absolute atomic E-state index is 0.201. The number of nitrogen functional groups attached to an aromatic ring is 1. The minimum atomic E-state index is -0.201. The molecule has 2 aromatic rings. The molecule has 0 fully saturated rings. The van der Waals surface area contributed by atoms with Gasteiger partial charge in [-0.15, -0.1) is 0 Å². The van der Waals surface area contributed by atoms with Gasteiger partial charge in [0, 0.05) is 21.8 Å². The Bertz CT molecular complexity index is 699. The van der Waals surface area contributed by atoms with E-state index in [0.717, 1.165) is 15.6 Å². The summed E-state index contributed by atoms with van der Waals surface area (Å²) in [5.74, 6) is 0.474. The number of hydrogen-bond donors (Lipinski definition) is 2. The van der Waals surface area contributed by atoms with Gasteiger partial charge < -0.3 is 15.8 Å². The first kappa shape index (κ1) is 15.4. The predicted octanol–water partition coefficient (Wildman–Crippen LogP) is 3.91. The Kier molecular flexibility index (Phi) is 4.53. The Hall–Kier alpha value is -2.01. The largest absolute Gasteiger partial charge is 0.497 e. The Labute approximate surface area is 132 Å². The molecule has 0 saturated carbocycles. The molecular weight excluding hydrogens is 332 g/mol. The van der Waals surface area contributed by atoms with Crippen LogP contribution in [0.4, 0.5) is 11.4 Å². The number of methoxy groups -OCH3 is 1. The molecule has 0 heterocycles. The van der Waals surface area contributed by atoms with Crippen LogP contribution in [0.5, 0.6) is 5.75 Å². The van der Waals surface area contributed by atoms with Gasteiger partial charge in [-0.2, -0.15) is 0 Å². The smallest absolute Gasteiger partial charge is 0.256 e. The van der Waals surface area contributed by atoms with E-state index in [1.165, 1.54) is 0 Å². The van der Waals surface area contributed by atoms with Crippen LogP contribution < -0.4 is 15.8 Å². The summed E-state index contributed by atoms with van der Waals surface area (Å²) in [7, 11) is 1.58. The van der Waals surface area contributed by atoms with Crippen molar-refractivity contribution in [2.75, 3.05) is 18.2 Å². The molecule has 0 radical (unpaired) electrons. The first-order valence-electron chi connectivity index (χ1n) is 6.44. The zero-order valence-corrected chi connectivity index (χ0v) is 13.7. The lowest BCUT2D eigenvalue weighted by atomic mass is 10.0. The van der Waals surface area contributed by atoms with Crippen molar-refractivity contribution in [1.82, 2.24) is 0 Å². The molecule has 2 rings (SSSR count). The van der Waals surface area contributed by atoms with Crippen molar-refractivity contribution in [1.29, 1.82) is 0 Å². The van der Waals surface area contributed by atoms with E-state index in [2.05, 4.69) is 21.2 Å². The molecule has 0 atom stereocenters. The first-order chi connectivity index (χ1) is 9.92. The number of anilines is 2. The van der Waals surface area contributed by atoms with Gasteiger partial charge in [-0.1, -0.05) is 6.07 Å². The number of nitrogens with one attached hydrogen (secondary N) is 1. The molecule has 0 aliphatic heterocycles. The van der Waals surface area contributed by atoms with Gasteiger partial charge in [0.25, 0.3) is 5.91 Å². The van der Waals surface area contributed by atoms with Gasteiger partial charge in [-0.05, 0) is 59.1 Å². The summed E-state index contributed by atoms with van der Waals surface area (Å²) in [6, 6.07) is 9.01. The zero-order chi connectivity index (χ0) is 15.6. The van der Waals surface area contributed by atoms with Crippen molar-refractivity contribution in [3.63, 3.8) is 0 Å². The lowest BCUT2D eigenvalue weighted by Gasteiger charge is -2.12. The van der Waals surface area contributed by atoms with E-state index in [4.69, 9.17) is 10.5 Å². The lowest BCUT2D eigenvalue weighted by Crippen LogP contribution is -2.14. The van der Waals surface area contributed by atoms with Crippen molar-refractivity contribution >= 4 is 33.2 Å². The van der Waals surface area contributed by atoms with Crippen LogP contribution in [0.2, 0.25) is 0 Å². The Morgan fingerprint density at radius 1 is 1.19 bits per heavy atom. The average Bonchev–Trinajstić information content (AvgIpc) is 2.45. The molecule has 0 spiro atoms. The number of rotatable bonds is 3. The maximum absolute atomic E-state index is 12.4. The molecule has 110 valence electrons. The quantitative estimate of drug-likeness (QED) is 0.826. The van der Waals surface area contributed by atoms with Crippen LogP contribution in [0.3, 0.4) is 0 Å². The molecule has 0 aromatic heterocycles. The second-order valence-corrected chi connectivity index (χ2v) is 5.68. The van der Waals surface area contributed by atoms with Crippen molar-refractivity contribution in [3.8, 4) is 5.75 Å². The van der Waals surface area contributed by atoms with Crippen molar-refractivity contribution in [3.05, 3.63) is 51.5 Å². The maximum atomic E-state index is 12.4. The van der Waals surface area contributed by atoms with Crippen molar-refractivity contribution in [2.24, 2.45) is 0 Å². The molecule has 0 aliphatic carbocycles. The molecule has 5 heteroatoms. The van der Waals surface area contributed by atoms with Crippen LogP contribution in [0.15, 0.2) is 34.8 Å². The number of aryl methyl sites for hydroxylation is 2.